The lowest BCUT2D eigenvalue weighted by atomic mass is 9.76. The number of piperidine rings is 1. The number of hydrogen-bond acceptors (Lipinski definition) is 8. The molecule has 1 aliphatic rings. The van der Waals surface area contributed by atoms with Gasteiger partial charge >= 0.3 is 0 Å². The standard InChI is InChI=1S/C41H72N6OS/c1-14-15-16-17-18-19-20-21-22-49-36-45-34(44-35(46-36)43-30-26-40(10,11)47-41(12,13)27-30)42-28-39(8,9)25-29-23-31(37(2,3)4)33(48)32(24-29)38(5,6)7/h23-24,30,47-48H,14-22,25-28H2,1-13H3,(H2,42,43,44,45,46). The molecule has 2 aromatic rings. The molecule has 8 heteroatoms. The highest BCUT2D eigenvalue weighted by Crippen LogP contribution is 2.41. The first kappa shape index (κ1) is 41.4. The Labute approximate surface area is 304 Å². The van der Waals surface area contributed by atoms with Crippen molar-refractivity contribution in [2.24, 2.45) is 5.41 Å². The van der Waals surface area contributed by atoms with E-state index in [1.807, 2.05) is 0 Å². The molecule has 49 heavy (non-hydrogen) atoms. The van der Waals surface area contributed by atoms with E-state index in [1.165, 1.54) is 56.9 Å². The first-order chi connectivity index (χ1) is 22.6. The van der Waals surface area contributed by atoms with Crippen LogP contribution in [-0.4, -0.2) is 49.5 Å². The van der Waals surface area contributed by atoms with Crippen LogP contribution in [-0.2, 0) is 17.3 Å². The Bertz CT molecular complexity index is 1290. The number of rotatable bonds is 17. The van der Waals surface area contributed by atoms with E-state index in [-0.39, 0.29) is 33.4 Å². The molecule has 0 saturated carbocycles. The highest BCUT2D eigenvalue weighted by molar-refractivity contribution is 7.99. The lowest BCUT2D eigenvalue weighted by molar-refractivity contribution is 0.170. The summed E-state index contributed by atoms with van der Waals surface area (Å²) in [5.41, 5.74) is 2.92. The molecule has 1 aromatic carbocycles. The number of thioether (sulfide) groups is 1. The number of benzene rings is 1. The fraction of sp³-hybridized carbons (Fsp3) is 0.780. The van der Waals surface area contributed by atoms with Crippen LogP contribution < -0.4 is 16.0 Å². The van der Waals surface area contributed by atoms with E-state index in [0.29, 0.717) is 24.2 Å². The summed E-state index contributed by atoms with van der Waals surface area (Å²) in [6.07, 6.45) is 13.4. The largest absolute Gasteiger partial charge is 0.507 e. The highest BCUT2D eigenvalue weighted by Gasteiger charge is 2.38. The second-order valence-electron chi connectivity index (χ2n) is 19.0. The van der Waals surface area contributed by atoms with Crippen molar-refractivity contribution >= 4 is 23.7 Å². The van der Waals surface area contributed by atoms with Crippen LogP contribution in [0, 0.1) is 5.41 Å². The molecule has 4 N–H and O–H groups in total. The van der Waals surface area contributed by atoms with E-state index < -0.39 is 0 Å². The molecule has 0 aliphatic carbocycles. The SMILES string of the molecule is CCCCCCCCCCSc1nc(NCC(C)(C)Cc2cc(C(C)(C)C)c(O)c(C(C)(C)C)c2)nc(NC2CC(C)(C)NC(C)(C)C2)n1. The lowest BCUT2D eigenvalue weighted by Crippen LogP contribution is -2.60. The Morgan fingerprint density at radius 2 is 1.29 bits per heavy atom. The quantitative estimate of drug-likeness (QED) is 0.0959. The zero-order valence-electron chi connectivity index (χ0n) is 33.6. The third-order valence-corrected chi connectivity index (χ3v) is 10.5. The Morgan fingerprint density at radius 3 is 1.82 bits per heavy atom. The van der Waals surface area contributed by atoms with Crippen molar-refractivity contribution in [1.82, 2.24) is 20.3 Å². The number of unbranched alkanes of at least 4 members (excludes halogenated alkanes) is 7. The third-order valence-electron chi connectivity index (χ3n) is 9.56. The summed E-state index contributed by atoms with van der Waals surface area (Å²) in [6.45, 7) is 29.7. The van der Waals surface area contributed by atoms with Gasteiger partial charge in [-0.1, -0.05) is 131 Å². The number of anilines is 2. The molecule has 0 bridgehead atoms. The molecule has 3 rings (SSSR count). The minimum absolute atomic E-state index is 0.0274. The second-order valence-corrected chi connectivity index (χ2v) is 20.0. The summed E-state index contributed by atoms with van der Waals surface area (Å²) in [6, 6.07) is 4.69. The van der Waals surface area contributed by atoms with Gasteiger partial charge in [0.05, 0.1) is 0 Å². The smallest absolute Gasteiger partial charge is 0.228 e. The van der Waals surface area contributed by atoms with Crippen molar-refractivity contribution in [3.8, 4) is 5.75 Å². The van der Waals surface area contributed by atoms with Gasteiger partial charge in [-0.2, -0.15) is 15.0 Å². The van der Waals surface area contributed by atoms with Crippen molar-refractivity contribution in [3.05, 3.63) is 28.8 Å². The zero-order valence-corrected chi connectivity index (χ0v) is 34.4. The topological polar surface area (TPSA) is 95.0 Å². The fourth-order valence-corrected chi connectivity index (χ4v) is 8.28. The number of aromatic hydroxyl groups is 1. The van der Waals surface area contributed by atoms with Gasteiger partial charge in [-0.15, -0.1) is 0 Å². The van der Waals surface area contributed by atoms with Crippen LogP contribution in [0.3, 0.4) is 0 Å². The maximum absolute atomic E-state index is 11.3. The summed E-state index contributed by atoms with van der Waals surface area (Å²) >= 11 is 1.75. The fourth-order valence-electron chi connectivity index (χ4n) is 7.44. The van der Waals surface area contributed by atoms with E-state index in [2.05, 4.69) is 118 Å². The van der Waals surface area contributed by atoms with Crippen LogP contribution in [0.2, 0.25) is 0 Å². The molecule has 1 fully saturated rings. The monoisotopic (exact) mass is 697 g/mol. The average molecular weight is 697 g/mol. The predicted molar refractivity (Wildman–Crippen MR) is 213 cm³/mol. The molecule has 1 aromatic heterocycles. The van der Waals surface area contributed by atoms with Gasteiger partial charge in [0.2, 0.25) is 11.9 Å². The maximum atomic E-state index is 11.3. The first-order valence-electron chi connectivity index (χ1n) is 19.1. The lowest BCUT2D eigenvalue weighted by Gasteiger charge is -2.46. The third kappa shape index (κ3) is 13.9. The van der Waals surface area contributed by atoms with E-state index in [0.717, 1.165) is 41.3 Å². The Balaban J connectivity index is 1.76. The first-order valence-corrected chi connectivity index (χ1v) is 20.1. The minimum atomic E-state index is -0.154. The van der Waals surface area contributed by atoms with Gasteiger partial charge in [-0.3, -0.25) is 0 Å². The summed E-state index contributed by atoms with van der Waals surface area (Å²) in [5, 5.41) is 23.2. The summed E-state index contributed by atoms with van der Waals surface area (Å²) in [7, 11) is 0. The summed E-state index contributed by atoms with van der Waals surface area (Å²) < 4.78 is 0. The van der Waals surface area contributed by atoms with Crippen molar-refractivity contribution in [1.29, 1.82) is 0 Å². The van der Waals surface area contributed by atoms with Crippen molar-refractivity contribution in [2.45, 2.75) is 194 Å². The van der Waals surface area contributed by atoms with Crippen molar-refractivity contribution in [3.63, 3.8) is 0 Å². The van der Waals surface area contributed by atoms with Crippen molar-refractivity contribution in [2.75, 3.05) is 22.9 Å². The average Bonchev–Trinajstić information content (AvgIpc) is 2.93. The Morgan fingerprint density at radius 1 is 0.776 bits per heavy atom. The van der Waals surface area contributed by atoms with Gasteiger partial charge in [0.1, 0.15) is 5.75 Å². The number of hydrogen-bond donors (Lipinski definition) is 4. The molecule has 0 unspecified atom stereocenters. The molecule has 1 saturated heterocycles. The molecule has 278 valence electrons. The molecular weight excluding hydrogens is 625 g/mol. The molecule has 0 amide bonds. The predicted octanol–water partition coefficient (Wildman–Crippen LogP) is 10.8. The van der Waals surface area contributed by atoms with Gasteiger partial charge in [0.25, 0.3) is 0 Å². The van der Waals surface area contributed by atoms with Crippen LogP contribution in [0.5, 0.6) is 5.75 Å². The van der Waals surface area contributed by atoms with Crippen LogP contribution in [0.15, 0.2) is 17.3 Å². The summed E-state index contributed by atoms with van der Waals surface area (Å²) in [5.74, 6) is 2.75. The maximum Gasteiger partial charge on any atom is 0.228 e. The minimum Gasteiger partial charge on any atom is -0.507 e. The zero-order chi connectivity index (χ0) is 36.7. The number of phenols is 1. The van der Waals surface area contributed by atoms with Gasteiger partial charge in [-0.05, 0) is 86.3 Å². The van der Waals surface area contributed by atoms with Gasteiger partial charge < -0.3 is 21.1 Å². The number of phenolic OH excluding ortho intramolecular Hbond substituents is 1. The number of nitrogens with one attached hydrogen (secondary N) is 3. The van der Waals surface area contributed by atoms with Crippen LogP contribution >= 0.6 is 11.8 Å². The van der Waals surface area contributed by atoms with E-state index in [9.17, 15) is 5.11 Å². The van der Waals surface area contributed by atoms with Gasteiger partial charge in [0.15, 0.2) is 5.16 Å². The Kier molecular flexibility index (Phi) is 14.3. The molecule has 0 spiro atoms. The van der Waals surface area contributed by atoms with Crippen molar-refractivity contribution < 1.29 is 5.11 Å². The highest BCUT2D eigenvalue weighted by atomic mass is 32.2. The molecule has 0 atom stereocenters. The number of aromatic nitrogens is 3. The molecule has 0 radical (unpaired) electrons. The van der Waals surface area contributed by atoms with Gasteiger partial charge in [0, 0.05) is 29.4 Å². The van der Waals surface area contributed by atoms with Crippen LogP contribution in [0.25, 0.3) is 0 Å². The number of nitrogens with zero attached hydrogens (tertiary/aromatic N) is 3. The molecule has 1 aliphatic heterocycles. The van der Waals surface area contributed by atoms with Crippen LogP contribution in [0.4, 0.5) is 11.9 Å². The van der Waals surface area contributed by atoms with E-state index >= 15 is 0 Å². The van der Waals surface area contributed by atoms with Gasteiger partial charge in [-0.25, -0.2) is 0 Å². The van der Waals surface area contributed by atoms with E-state index in [4.69, 9.17) is 15.0 Å². The Hall–Kier alpha value is -2.06. The summed E-state index contributed by atoms with van der Waals surface area (Å²) in [4.78, 5) is 14.8. The second kappa shape index (κ2) is 17.0. The molecular formula is C41H72N6OS. The van der Waals surface area contributed by atoms with E-state index in [1.54, 1.807) is 11.8 Å². The normalized spacial score (nSPS) is 16.9. The molecule has 2 heterocycles. The molecule has 7 nitrogen and oxygen atoms in total. The van der Waals surface area contributed by atoms with Crippen LogP contribution in [0.1, 0.15) is 171 Å².